The molecular weight excluding hydrogens is 328 g/mol. The van der Waals surface area contributed by atoms with Crippen molar-refractivity contribution in [1.82, 2.24) is 9.80 Å². The number of carboxylic acids is 1. The minimum Gasteiger partial charge on any atom is -0.481 e. The number of aliphatic carboxylic acids is 1. The second-order valence-electron chi connectivity index (χ2n) is 6.84. The van der Waals surface area contributed by atoms with Crippen molar-refractivity contribution in [3.63, 3.8) is 0 Å². The zero-order valence-electron chi connectivity index (χ0n) is 14.9. The molecule has 0 aromatic heterocycles. The Bertz CT molecular complexity index is 748. The third kappa shape index (κ3) is 4.29. The largest absolute Gasteiger partial charge is 0.481 e. The molecule has 1 amide bonds. The van der Waals surface area contributed by atoms with Gasteiger partial charge in [0.2, 0.25) is 0 Å². The molecule has 0 radical (unpaired) electrons. The van der Waals surface area contributed by atoms with Crippen LogP contribution < -0.4 is 0 Å². The summed E-state index contributed by atoms with van der Waals surface area (Å²) in [7, 11) is 0. The molecule has 1 aliphatic heterocycles. The van der Waals surface area contributed by atoms with Crippen LogP contribution in [0.1, 0.15) is 29.3 Å². The smallest absolute Gasteiger partial charge is 0.305 e. The predicted molar refractivity (Wildman–Crippen MR) is 99.8 cm³/mol. The van der Waals surface area contributed by atoms with Crippen LogP contribution in [0.5, 0.6) is 0 Å². The Hall–Kier alpha value is -2.66. The van der Waals surface area contributed by atoms with Crippen molar-refractivity contribution in [1.29, 1.82) is 0 Å². The average molecular weight is 352 g/mol. The number of hydrogen-bond donors (Lipinski definition) is 1. The summed E-state index contributed by atoms with van der Waals surface area (Å²) in [5.74, 6) is -0.873. The third-order valence-electron chi connectivity index (χ3n) is 4.87. The number of benzene rings is 2. The number of amides is 1. The molecule has 26 heavy (non-hydrogen) atoms. The van der Waals surface area contributed by atoms with Crippen LogP contribution in [0, 0.1) is 0 Å². The highest BCUT2D eigenvalue weighted by atomic mass is 16.4. The van der Waals surface area contributed by atoms with Crippen molar-refractivity contribution in [3.8, 4) is 0 Å². The van der Waals surface area contributed by atoms with E-state index in [4.69, 9.17) is 0 Å². The molecule has 0 aliphatic carbocycles. The number of carbonyl (C=O) groups is 2. The van der Waals surface area contributed by atoms with E-state index in [9.17, 15) is 14.7 Å². The van der Waals surface area contributed by atoms with Crippen molar-refractivity contribution >= 4 is 11.9 Å². The highest BCUT2D eigenvalue weighted by Crippen LogP contribution is 2.22. The standard InChI is InChI=1S/C21H24N2O3/c1-16-13-22(14-17-8-4-2-5-9-17)19(12-20(24)25)15-23(16)21(26)18-10-6-3-7-11-18/h2-11,16,19H,12-15H2,1H3,(H,24,25)/t16-,19+/m1/s1. The Morgan fingerprint density at radius 3 is 2.23 bits per heavy atom. The first-order valence-corrected chi connectivity index (χ1v) is 8.90. The molecule has 0 bridgehead atoms. The lowest BCUT2D eigenvalue weighted by molar-refractivity contribution is -0.139. The fourth-order valence-corrected chi connectivity index (χ4v) is 3.55. The summed E-state index contributed by atoms with van der Waals surface area (Å²) in [6.45, 7) is 3.80. The van der Waals surface area contributed by atoms with Crippen LogP contribution in [-0.4, -0.2) is 52.0 Å². The number of rotatable bonds is 5. The van der Waals surface area contributed by atoms with Gasteiger partial charge in [-0.1, -0.05) is 48.5 Å². The van der Waals surface area contributed by atoms with Gasteiger partial charge in [0, 0.05) is 37.3 Å². The molecular formula is C21H24N2O3. The molecule has 136 valence electrons. The van der Waals surface area contributed by atoms with Crippen LogP contribution in [0.4, 0.5) is 0 Å². The van der Waals surface area contributed by atoms with Gasteiger partial charge in [0.15, 0.2) is 0 Å². The molecule has 1 fully saturated rings. The maximum Gasteiger partial charge on any atom is 0.305 e. The monoisotopic (exact) mass is 352 g/mol. The second kappa shape index (κ2) is 8.15. The van der Waals surface area contributed by atoms with E-state index in [1.807, 2.05) is 60.4 Å². The van der Waals surface area contributed by atoms with Crippen molar-refractivity contribution in [2.45, 2.75) is 32.0 Å². The van der Waals surface area contributed by atoms with Crippen LogP contribution >= 0.6 is 0 Å². The maximum atomic E-state index is 12.9. The van der Waals surface area contributed by atoms with Crippen LogP contribution in [0.2, 0.25) is 0 Å². The zero-order chi connectivity index (χ0) is 18.5. The number of hydrogen-bond acceptors (Lipinski definition) is 3. The van der Waals surface area contributed by atoms with Gasteiger partial charge in [-0.25, -0.2) is 0 Å². The molecule has 2 atom stereocenters. The second-order valence-corrected chi connectivity index (χ2v) is 6.84. The van der Waals surface area contributed by atoms with E-state index in [-0.39, 0.29) is 24.4 Å². The van der Waals surface area contributed by atoms with Crippen LogP contribution in [-0.2, 0) is 11.3 Å². The van der Waals surface area contributed by atoms with Crippen molar-refractivity contribution in [2.75, 3.05) is 13.1 Å². The van der Waals surface area contributed by atoms with Gasteiger partial charge < -0.3 is 10.0 Å². The molecule has 0 saturated carbocycles. The topological polar surface area (TPSA) is 60.9 Å². The molecule has 1 heterocycles. The highest BCUT2D eigenvalue weighted by molar-refractivity contribution is 5.94. The van der Waals surface area contributed by atoms with Gasteiger partial charge >= 0.3 is 5.97 Å². The zero-order valence-corrected chi connectivity index (χ0v) is 14.9. The molecule has 5 heteroatoms. The summed E-state index contributed by atoms with van der Waals surface area (Å²) in [6, 6.07) is 19.0. The molecule has 1 N–H and O–H groups in total. The predicted octanol–water partition coefficient (Wildman–Crippen LogP) is 2.88. The summed E-state index contributed by atoms with van der Waals surface area (Å²) >= 11 is 0. The van der Waals surface area contributed by atoms with Gasteiger partial charge in [-0.3, -0.25) is 14.5 Å². The Morgan fingerprint density at radius 1 is 1.00 bits per heavy atom. The lowest BCUT2D eigenvalue weighted by Crippen LogP contribution is -2.59. The van der Waals surface area contributed by atoms with Gasteiger partial charge in [0.1, 0.15) is 0 Å². The van der Waals surface area contributed by atoms with Crippen molar-refractivity contribution in [3.05, 3.63) is 71.8 Å². The maximum absolute atomic E-state index is 12.9. The van der Waals surface area contributed by atoms with Crippen LogP contribution in [0.25, 0.3) is 0 Å². The van der Waals surface area contributed by atoms with Crippen LogP contribution in [0.3, 0.4) is 0 Å². The lowest BCUT2D eigenvalue weighted by Gasteiger charge is -2.45. The minimum absolute atomic E-state index is 0.0245. The first-order chi connectivity index (χ1) is 12.5. The average Bonchev–Trinajstić information content (AvgIpc) is 2.64. The van der Waals surface area contributed by atoms with E-state index in [0.717, 1.165) is 5.56 Å². The van der Waals surface area contributed by atoms with Gasteiger partial charge in [0.05, 0.1) is 6.42 Å². The van der Waals surface area contributed by atoms with E-state index in [2.05, 4.69) is 4.90 Å². The molecule has 0 spiro atoms. The summed E-state index contributed by atoms with van der Waals surface area (Å²) in [4.78, 5) is 28.2. The van der Waals surface area contributed by atoms with Crippen molar-refractivity contribution in [2.24, 2.45) is 0 Å². The van der Waals surface area contributed by atoms with Gasteiger partial charge in [-0.15, -0.1) is 0 Å². The summed E-state index contributed by atoms with van der Waals surface area (Å²) < 4.78 is 0. The van der Waals surface area contributed by atoms with E-state index < -0.39 is 5.97 Å². The highest BCUT2D eigenvalue weighted by Gasteiger charge is 2.35. The van der Waals surface area contributed by atoms with E-state index >= 15 is 0 Å². The quantitative estimate of drug-likeness (QED) is 0.899. The minimum atomic E-state index is -0.838. The van der Waals surface area contributed by atoms with Crippen LogP contribution in [0.15, 0.2) is 60.7 Å². The summed E-state index contributed by atoms with van der Waals surface area (Å²) in [6.07, 6.45) is 0.0259. The molecule has 5 nitrogen and oxygen atoms in total. The Balaban J connectivity index is 1.78. The fraction of sp³-hybridized carbons (Fsp3) is 0.333. The number of nitrogens with zero attached hydrogens (tertiary/aromatic N) is 2. The third-order valence-corrected chi connectivity index (χ3v) is 4.87. The number of carbonyl (C=O) groups excluding carboxylic acids is 1. The van der Waals surface area contributed by atoms with E-state index in [1.54, 1.807) is 12.1 Å². The van der Waals surface area contributed by atoms with E-state index in [0.29, 0.717) is 25.2 Å². The summed E-state index contributed by atoms with van der Waals surface area (Å²) in [5.41, 5.74) is 1.79. The molecule has 3 rings (SSSR count). The Kier molecular flexibility index (Phi) is 5.68. The number of carboxylic acid groups (broad SMARTS) is 1. The van der Waals surface area contributed by atoms with Gasteiger partial charge in [-0.05, 0) is 24.6 Å². The first kappa shape index (κ1) is 18.1. The van der Waals surface area contributed by atoms with Gasteiger partial charge in [0.25, 0.3) is 5.91 Å². The summed E-state index contributed by atoms with van der Waals surface area (Å²) in [5, 5.41) is 9.33. The fourth-order valence-electron chi connectivity index (χ4n) is 3.55. The Morgan fingerprint density at radius 2 is 1.62 bits per heavy atom. The van der Waals surface area contributed by atoms with E-state index in [1.165, 1.54) is 0 Å². The number of piperazine rings is 1. The normalized spacial score (nSPS) is 20.7. The first-order valence-electron chi connectivity index (χ1n) is 8.90. The lowest BCUT2D eigenvalue weighted by atomic mass is 10.0. The molecule has 2 aromatic rings. The van der Waals surface area contributed by atoms with Crippen molar-refractivity contribution < 1.29 is 14.7 Å². The molecule has 2 aromatic carbocycles. The molecule has 1 saturated heterocycles. The SMILES string of the molecule is C[C@@H]1CN(Cc2ccccc2)[C@@H](CC(=O)O)CN1C(=O)c1ccccc1. The Labute approximate surface area is 153 Å². The molecule has 1 aliphatic rings. The van der Waals surface area contributed by atoms with Gasteiger partial charge in [-0.2, -0.15) is 0 Å². The molecule has 0 unspecified atom stereocenters.